The van der Waals surface area contributed by atoms with E-state index in [2.05, 4.69) is 198 Å². The van der Waals surface area contributed by atoms with Crippen molar-refractivity contribution >= 4 is 82.7 Å². The number of anilines is 3. The third-order valence-corrected chi connectivity index (χ3v) is 11.6. The first-order valence-corrected chi connectivity index (χ1v) is 19.7. The van der Waals surface area contributed by atoms with Crippen LogP contribution in [0.1, 0.15) is 0 Å². The van der Waals surface area contributed by atoms with Gasteiger partial charge in [-0.15, -0.1) is 0 Å². The summed E-state index contributed by atoms with van der Waals surface area (Å²) in [7, 11) is 0. The van der Waals surface area contributed by atoms with E-state index in [9.17, 15) is 0 Å². The molecule has 0 aliphatic carbocycles. The smallest absolute Gasteiger partial charge is 0.143 e. The van der Waals surface area contributed by atoms with Crippen LogP contribution in [0.4, 0.5) is 17.1 Å². The lowest BCUT2D eigenvalue weighted by atomic mass is 9.96. The molecule has 0 radical (unpaired) electrons. The average molecular weight is 743 g/mol. The molecule has 0 saturated carbocycles. The number of nitrogens with zero attached hydrogens (tertiary/aromatic N) is 2. The van der Waals surface area contributed by atoms with Crippen LogP contribution in [0.25, 0.3) is 93.6 Å². The third kappa shape index (κ3) is 4.95. The van der Waals surface area contributed by atoms with Crippen LogP contribution in [0, 0.1) is 0 Å². The van der Waals surface area contributed by atoms with Gasteiger partial charge < -0.3 is 18.3 Å². The molecule has 0 atom stereocenters. The lowest BCUT2D eigenvalue weighted by molar-refractivity contribution is 0.669. The second-order valence-electron chi connectivity index (χ2n) is 14.8. The van der Waals surface area contributed by atoms with E-state index >= 15 is 0 Å². The summed E-state index contributed by atoms with van der Waals surface area (Å²) in [5, 5.41) is 6.86. The first kappa shape index (κ1) is 32.4. The second kappa shape index (κ2) is 12.9. The zero-order valence-corrected chi connectivity index (χ0v) is 31.3. The molecule has 0 aliphatic rings. The summed E-state index contributed by atoms with van der Waals surface area (Å²) in [5.74, 6) is 0. The number of aromatic nitrogens is 1. The van der Waals surface area contributed by atoms with Crippen LogP contribution in [0.15, 0.2) is 215 Å². The summed E-state index contributed by atoms with van der Waals surface area (Å²) >= 11 is 0. The van der Waals surface area contributed by atoms with Crippen LogP contribution >= 0.6 is 0 Å². The van der Waals surface area contributed by atoms with Crippen molar-refractivity contribution in [1.82, 2.24) is 4.57 Å². The predicted molar refractivity (Wildman–Crippen MR) is 241 cm³/mol. The minimum absolute atomic E-state index is 0.864. The lowest BCUT2D eigenvalue weighted by Crippen LogP contribution is -2.11. The molecule has 4 nitrogen and oxygen atoms in total. The summed E-state index contributed by atoms with van der Waals surface area (Å²) in [4.78, 5) is 2.38. The SMILES string of the molecule is c1ccc(N(c2cc(-c3ccc(-n4c5ccccc5c5ccccc54)cc3)c3oc4ccccc4c3c2)c2ccccc2-c2cccc3oc4ccccc4c23)cc1. The highest BCUT2D eigenvalue weighted by molar-refractivity contribution is 6.15. The molecule has 0 bridgehead atoms. The number of para-hydroxylation sites is 6. The van der Waals surface area contributed by atoms with Gasteiger partial charge in [-0.3, -0.25) is 0 Å². The van der Waals surface area contributed by atoms with E-state index < -0.39 is 0 Å². The monoisotopic (exact) mass is 742 g/mol. The van der Waals surface area contributed by atoms with Crippen molar-refractivity contribution in [1.29, 1.82) is 0 Å². The fourth-order valence-electron chi connectivity index (χ4n) is 9.05. The number of furan rings is 2. The van der Waals surface area contributed by atoms with E-state index in [1.54, 1.807) is 0 Å². The Morgan fingerprint density at radius 1 is 0.362 bits per heavy atom. The number of fused-ring (bicyclic) bond motifs is 9. The molecule has 58 heavy (non-hydrogen) atoms. The molecule has 0 unspecified atom stereocenters. The molecule has 4 heteroatoms. The van der Waals surface area contributed by atoms with Gasteiger partial charge in [-0.25, -0.2) is 0 Å². The summed E-state index contributed by atoms with van der Waals surface area (Å²) in [5.41, 5.74) is 14.5. The number of rotatable bonds is 6. The fourth-order valence-corrected chi connectivity index (χ4v) is 9.05. The van der Waals surface area contributed by atoms with Crippen molar-refractivity contribution < 1.29 is 8.83 Å². The van der Waals surface area contributed by atoms with Crippen LogP contribution in [0.3, 0.4) is 0 Å². The Labute approximate surface area is 334 Å². The fraction of sp³-hybridized carbons (Fsp3) is 0. The van der Waals surface area contributed by atoms with Crippen LogP contribution in [-0.2, 0) is 0 Å². The summed E-state index contributed by atoms with van der Waals surface area (Å²) < 4.78 is 15.5. The maximum absolute atomic E-state index is 6.74. The molecule has 9 aromatic carbocycles. The van der Waals surface area contributed by atoms with Crippen LogP contribution in [-0.4, -0.2) is 4.57 Å². The van der Waals surface area contributed by atoms with Crippen molar-refractivity contribution in [2.24, 2.45) is 0 Å². The van der Waals surface area contributed by atoms with Gasteiger partial charge >= 0.3 is 0 Å². The molecule has 12 aromatic rings. The molecule has 0 saturated heterocycles. The highest BCUT2D eigenvalue weighted by atomic mass is 16.3. The topological polar surface area (TPSA) is 34.5 Å². The Morgan fingerprint density at radius 3 is 1.71 bits per heavy atom. The van der Waals surface area contributed by atoms with Gasteiger partial charge in [-0.05, 0) is 83.9 Å². The van der Waals surface area contributed by atoms with Crippen molar-refractivity contribution in [3.8, 4) is 27.9 Å². The van der Waals surface area contributed by atoms with Gasteiger partial charge in [-0.1, -0.05) is 133 Å². The molecule has 3 aromatic heterocycles. The van der Waals surface area contributed by atoms with Crippen LogP contribution in [0.5, 0.6) is 0 Å². The van der Waals surface area contributed by atoms with Crippen molar-refractivity contribution in [3.05, 3.63) is 206 Å². The molecule has 0 spiro atoms. The van der Waals surface area contributed by atoms with Gasteiger partial charge in [0.1, 0.15) is 22.3 Å². The zero-order valence-electron chi connectivity index (χ0n) is 31.3. The number of hydrogen-bond donors (Lipinski definition) is 0. The first-order chi connectivity index (χ1) is 28.8. The van der Waals surface area contributed by atoms with E-state index in [0.717, 1.165) is 88.9 Å². The maximum Gasteiger partial charge on any atom is 0.143 e. The highest BCUT2D eigenvalue weighted by Crippen LogP contribution is 2.47. The molecule has 0 N–H and O–H groups in total. The molecule has 3 heterocycles. The van der Waals surface area contributed by atoms with E-state index in [4.69, 9.17) is 8.83 Å². The van der Waals surface area contributed by atoms with Crippen molar-refractivity contribution in [2.45, 2.75) is 0 Å². The minimum atomic E-state index is 0.864. The Morgan fingerprint density at radius 2 is 0.948 bits per heavy atom. The Bertz CT molecular complexity index is 3460. The standard InChI is InChI=1S/C54H34N2O2/c1-2-15-36(16-3-1)55(47-23-9-6-19-41(47)43-22-14-28-52-53(43)44-21-8-13-27-51(44)57-52)38-33-45(54-46(34-38)42-20-7-12-26-50(42)58-54)35-29-31-37(32-30-35)56-48-24-10-4-17-39(48)40-18-5-11-25-49(40)56/h1-34H. The normalized spacial score (nSPS) is 11.8. The number of hydrogen-bond acceptors (Lipinski definition) is 3. The van der Waals surface area contributed by atoms with Gasteiger partial charge in [0.2, 0.25) is 0 Å². The maximum atomic E-state index is 6.74. The minimum Gasteiger partial charge on any atom is -0.456 e. The molecule has 0 aliphatic heterocycles. The molecule has 272 valence electrons. The average Bonchev–Trinajstić information content (AvgIpc) is 3.97. The molecular weight excluding hydrogens is 709 g/mol. The van der Waals surface area contributed by atoms with E-state index in [1.165, 1.54) is 21.8 Å². The first-order valence-electron chi connectivity index (χ1n) is 19.7. The number of benzene rings is 9. The van der Waals surface area contributed by atoms with Gasteiger partial charge in [-0.2, -0.15) is 0 Å². The Hall–Kier alpha value is -7.82. The second-order valence-corrected chi connectivity index (χ2v) is 14.8. The van der Waals surface area contributed by atoms with Gasteiger partial charge in [0.05, 0.1) is 16.7 Å². The van der Waals surface area contributed by atoms with E-state index in [1.807, 2.05) is 18.2 Å². The van der Waals surface area contributed by atoms with Gasteiger partial charge in [0.25, 0.3) is 0 Å². The van der Waals surface area contributed by atoms with Gasteiger partial charge in [0, 0.05) is 60.5 Å². The third-order valence-electron chi connectivity index (χ3n) is 11.6. The quantitative estimate of drug-likeness (QED) is 0.170. The van der Waals surface area contributed by atoms with Crippen molar-refractivity contribution in [2.75, 3.05) is 4.90 Å². The molecule has 0 fully saturated rings. The predicted octanol–water partition coefficient (Wildman–Crippen LogP) is 15.4. The Balaban J connectivity index is 1.09. The lowest BCUT2D eigenvalue weighted by Gasteiger charge is -2.28. The zero-order chi connectivity index (χ0) is 38.2. The summed E-state index contributed by atoms with van der Waals surface area (Å²) in [6, 6.07) is 73.2. The highest BCUT2D eigenvalue weighted by Gasteiger charge is 2.23. The molecule has 12 rings (SSSR count). The molecular formula is C54H34N2O2. The van der Waals surface area contributed by atoms with Crippen molar-refractivity contribution in [3.63, 3.8) is 0 Å². The Kier molecular flexibility index (Phi) is 7.20. The summed E-state index contributed by atoms with van der Waals surface area (Å²) in [6.45, 7) is 0. The van der Waals surface area contributed by atoms with E-state index in [0.29, 0.717) is 0 Å². The van der Waals surface area contributed by atoms with Crippen LogP contribution in [0.2, 0.25) is 0 Å². The van der Waals surface area contributed by atoms with Gasteiger partial charge in [0.15, 0.2) is 0 Å². The molecule has 0 amide bonds. The summed E-state index contributed by atoms with van der Waals surface area (Å²) in [6.07, 6.45) is 0. The van der Waals surface area contributed by atoms with E-state index in [-0.39, 0.29) is 0 Å². The van der Waals surface area contributed by atoms with Crippen LogP contribution < -0.4 is 4.90 Å². The largest absolute Gasteiger partial charge is 0.456 e.